The van der Waals surface area contributed by atoms with Crippen LogP contribution in [0.1, 0.15) is 18.4 Å². The molecule has 0 aromatic heterocycles. The molecule has 1 rings (SSSR count). The van der Waals surface area contributed by atoms with E-state index in [9.17, 15) is 0 Å². The molecule has 0 aliphatic carbocycles. The molecule has 14 heavy (non-hydrogen) atoms. The van der Waals surface area contributed by atoms with Crippen LogP contribution in [0.2, 0.25) is 0 Å². The highest BCUT2D eigenvalue weighted by molar-refractivity contribution is 7.80. The zero-order valence-electron chi connectivity index (χ0n) is 8.58. The molecule has 0 amide bonds. The Bertz CT molecular complexity index is 285. The third-order valence-corrected chi connectivity index (χ3v) is 2.51. The maximum absolute atomic E-state index is 5.00. The van der Waals surface area contributed by atoms with Crippen molar-refractivity contribution >= 4 is 17.3 Å². The first kappa shape index (κ1) is 11.0. The normalized spacial score (nSPS) is 11.9. The van der Waals surface area contributed by atoms with E-state index in [0.29, 0.717) is 11.0 Å². The van der Waals surface area contributed by atoms with Gasteiger partial charge in [-0.2, -0.15) is 0 Å². The van der Waals surface area contributed by atoms with E-state index in [4.69, 9.17) is 12.2 Å². The van der Waals surface area contributed by atoms with Crippen LogP contribution in [-0.2, 0) is 0 Å². The Morgan fingerprint density at radius 2 is 2.00 bits per heavy atom. The van der Waals surface area contributed by atoms with E-state index in [1.807, 2.05) is 13.1 Å². The van der Waals surface area contributed by atoms with E-state index in [-0.39, 0.29) is 0 Å². The highest BCUT2D eigenvalue weighted by Crippen LogP contribution is 2.12. The highest BCUT2D eigenvalue weighted by Gasteiger charge is 2.04. The molecule has 0 fully saturated rings. The van der Waals surface area contributed by atoms with Crippen LogP contribution in [0.4, 0.5) is 0 Å². The zero-order valence-corrected chi connectivity index (χ0v) is 9.40. The molecule has 0 spiro atoms. The minimum absolute atomic E-state index is 0.475. The number of nitrogens with one attached hydrogen (secondary N) is 2. The Hall–Kier alpha value is -1.09. The summed E-state index contributed by atoms with van der Waals surface area (Å²) in [4.78, 5) is 0. The Morgan fingerprint density at radius 1 is 1.36 bits per heavy atom. The minimum atomic E-state index is 0.475. The predicted molar refractivity (Wildman–Crippen MR) is 64.5 cm³/mol. The van der Waals surface area contributed by atoms with Crippen molar-refractivity contribution in [1.82, 2.24) is 10.6 Å². The van der Waals surface area contributed by atoms with E-state index in [2.05, 4.69) is 41.8 Å². The first-order chi connectivity index (χ1) is 6.74. The molecular formula is C11H16N2S. The van der Waals surface area contributed by atoms with Gasteiger partial charge >= 0.3 is 0 Å². The van der Waals surface area contributed by atoms with Crippen molar-refractivity contribution in [3.8, 4) is 0 Å². The summed E-state index contributed by atoms with van der Waals surface area (Å²) in [5.41, 5.74) is 1.33. The van der Waals surface area contributed by atoms with Gasteiger partial charge in [0.2, 0.25) is 0 Å². The maximum Gasteiger partial charge on any atom is 0.166 e. The lowest BCUT2D eigenvalue weighted by molar-refractivity contribution is 0.715. The SMILES string of the molecule is CNC(=S)NC[C@H](C)c1ccccc1. The van der Waals surface area contributed by atoms with E-state index < -0.39 is 0 Å². The summed E-state index contributed by atoms with van der Waals surface area (Å²) in [5, 5.41) is 6.74. The summed E-state index contributed by atoms with van der Waals surface area (Å²) < 4.78 is 0. The smallest absolute Gasteiger partial charge is 0.166 e. The van der Waals surface area contributed by atoms with Crippen molar-refractivity contribution < 1.29 is 0 Å². The Labute approximate surface area is 90.7 Å². The van der Waals surface area contributed by atoms with Gasteiger partial charge in [-0.05, 0) is 23.7 Å². The number of thiocarbonyl (C=S) groups is 1. The van der Waals surface area contributed by atoms with Crippen LogP contribution >= 0.6 is 12.2 Å². The topological polar surface area (TPSA) is 24.1 Å². The molecule has 0 bridgehead atoms. The molecule has 0 saturated heterocycles. The fourth-order valence-corrected chi connectivity index (χ4v) is 1.32. The van der Waals surface area contributed by atoms with Crippen LogP contribution in [0.15, 0.2) is 30.3 Å². The third kappa shape index (κ3) is 3.34. The van der Waals surface area contributed by atoms with Gasteiger partial charge in [-0.15, -0.1) is 0 Å². The first-order valence-corrected chi connectivity index (χ1v) is 5.15. The largest absolute Gasteiger partial charge is 0.366 e. The van der Waals surface area contributed by atoms with Gasteiger partial charge < -0.3 is 10.6 Å². The van der Waals surface area contributed by atoms with Gasteiger partial charge in [-0.3, -0.25) is 0 Å². The average molecular weight is 208 g/mol. The molecular weight excluding hydrogens is 192 g/mol. The van der Waals surface area contributed by atoms with Crippen molar-refractivity contribution in [2.75, 3.05) is 13.6 Å². The van der Waals surface area contributed by atoms with Crippen molar-refractivity contribution in [1.29, 1.82) is 0 Å². The van der Waals surface area contributed by atoms with Crippen molar-refractivity contribution in [2.45, 2.75) is 12.8 Å². The van der Waals surface area contributed by atoms with Gasteiger partial charge in [0.15, 0.2) is 5.11 Å². The number of hydrogen-bond donors (Lipinski definition) is 2. The summed E-state index contributed by atoms with van der Waals surface area (Å²) in [6.07, 6.45) is 0. The molecule has 3 heteroatoms. The van der Waals surface area contributed by atoms with Crippen molar-refractivity contribution in [3.63, 3.8) is 0 Å². The number of rotatable bonds is 3. The van der Waals surface area contributed by atoms with Gasteiger partial charge in [0.25, 0.3) is 0 Å². The summed E-state index contributed by atoms with van der Waals surface area (Å²) in [5.74, 6) is 0.475. The quantitative estimate of drug-likeness (QED) is 0.742. The molecule has 0 aliphatic rings. The fourth-order valence-electron chi connectivity index (χ4n) is 1.23. The average Bonchev–Trinajstić information content (AvgIpc) is 2.26. The molecule has 1 aromatic rings. The Balaban J connectivity index is 2.43. The highest BCUT2D eigenvalue weighted by atomic mass is 32.1. The second-order valence-corrected chi connectivity index (χ2v) is 3.68. The third-order valence-electron chi connectivity index (χ3n) is 2.16. The first-order valence-electron chi connectivity index (χ1n) is 4.74. The van der Waals surface area contributed by atoms with Crippen LogP contribution < -0.4 is 10.6 Å². The molecule has 2 N–H and O–H groups in total. The lowest BCUT2D eigenvalue weighted by Gasteiger charge is -2.13. The molecule has 2 nitrogen and oxygen atoms in total. The monoisotopic (exact) mass is 208 g/mol. The maximum atomic E-state index is 5.00. The van der Waals surface area contributed by atoms with Crippen LogP contribution in [0, 0.1) is 0 Å². The minimum Gasteiger partial charge on any atom is -0.366 e. The van der Waals surface area contributed by atoms with Gasteiger partial charge in [0.05, 0.1) is 0 Å². The van der Waals surface area contributed by atoms with E-state index in [1.54, 1.807) is 0 Å². The van der Waals surface area contributed by atoms with Crippen LogP contribution in [0.5, 0.6) is 0 Å². The summed E-state index contributed by atoms with van der Waals surface area (Å²) in [6.45, 7) is 3.05. The molecule has 0 aliphatic heterocycles. The fraction of sp³-hybridized carbons (Fsp3) is 0.364. The van der Waals surface area contributed by atoms with Gasteiger partial charge in [0.1, 0.15) is 0 Å². The summed E-state index contributed by atoms with van der Waals surface area (Å²) in [6, 6.07) is 10.4. The van der Waals surface area contributed by atoms with Crippen LogP contribution in [-0.4, -0.2) is 18.7 Å². The Kier molecular flexibility index (Phi) is 4.40. The van der Waals surface area contributed by atoms with Crippen molar-refractivity contribution in [3.05, 3.63) is 35.9 Å². The molecule has 76 valence electrons. The predicted octanol–water partition coefficient (Wildman–Crippen LogP) is 1.88. The number of benzene rings is 1. The van der Waals surface area contributed by atoms with Gasteiger partial charge in [-0.1, -0.05) is 37.3 Å². The Morgan fingerprint density at radius 3 is 2.57 bits per heavy atom. The van der Waals surface area contributed by atoms with E-state index in [0.717, 1.165) is 6.54 Å². The molecule has 1 atom stereocenters. The molecule has 0 saturated carbocycles. The second kappa shape index (κ2) is 5.60. The van der Waals surface area contributed by atoms with Gasteiger partial charge in [0, 0.05) is 13.6 Å². The van der Waals surface area contributed by atoms with Crippen LogP contribution in [0.3, 0.4) is 0 Å². The summed E-state index contributed by atoms with van der Waals surface area (Å²) >= 11 is 5.00. The lowest BCUT2D eigenvalue weighted by Crippen LogP contribution is -2.34. The number of hydrogen-bond acceptors (Lipinski definition) is 1. The van der Waals surface area contributed by atoms with E-state index >= 15 is 0 Å². The van der Waals surface area contributed by atoms with Gasteiger partial charge in [-0.25, -0.2) is 0 Å². The molecule has 0 radical (unpaired) electrons. The van der Waals surface area contributed by atoms with Crippen molar-refractivity contribution in [2.24, 2.45) is 0 Å². The zero-order chi connectivity index (χ0) is 10.4. The molecule has 1 aromatic carbocycles. The summed E-state index contributed by atoms with van der Waals surface area (Å²) in [7, 11) is 1.82. The standard InChI is InChI=1S/C11H16N2S/c1-9(8-13-11(14)12-2)10-6-4-3-5-7-10/h3-7,9H,8H2,1-2H3,(H2,12,13,14)/t9-/m0/s1. The lowest BCUT2D eigenvalue weighted by atomic mass is 10.0. The van der Waals surface area contributed by atoms with E-state index in [1.165, 1.54) is 5.56 Å². The molecule has 0 heterocycles. The second-order valence-electron chi connectivity index (χ2n) is 3.27. The molecule has 0 unspecified atom stereocenters. The van der Waals surface area contributed by atoms with Crippen LogP contribution in [0.25, 0.3) is 0 Å².